The third-order valence-corrected chi connectivity index (χ3v) is 5.13. The fourth-order valence-corrected chi connectivity index (χ4v) is 3.29. The summed E-state index contributed by atoms with van der Waals surface area (Å²) >= 11 is 0. The van der Waals surface area contributed by atoms with Crippen LogP contribution in [0.3, 0.4) is 0 Å². The summed E-state index contributed by atoms with van der Waals surface area (Å²) in [5.74, 6) is -9.55. The molecule has 0 saturated carbocycles. The van der Waals surface area contributed by atoms with E-state index in [9.17, 15) is 38.4 Å². The Kier molecular flexibility index (Phi) is 13.7. The van der Waals surface area contributed by atoms with Crippen LogP contribution >= 0.6 is 0 Å². The molecule has 0 heterocycles. The van der Waals surface area contributed by atoms with Gasteiger partial charge in [-0.3, -0.25) is 28.8 Å². The second-order valence-electron chi connectivity index (χ2n) is 8.56. The molecule has 196 valence electrons. The van der Waals surface area contributed by atoms with Crippen LogP contribution in [0.5, 0.6) is 0 Å². The van der Waals surface area contributed by atoms with Crippen molar-refractivity contribution in [3.8, 4) is 0 Å². The molecule has 5 N–H and O–H groups in total. The van der Waals surface area contributed by atoms with Crippen LogP contribution in [-0.4, -0.2) is 75.0 Å². The number of carbonyl (C=O) groups excluding carboxylic acids is 5. The number of aliphatic carboxylic acids is 3. The first-order valence-electron chi connectivity index (χ1n) is 10.9. The Balaban J connectivity index is 5.66. The van der Waals surface area contributed by atoms with Crippen LogP contribution in [0.4, 0.5) is 0 Å². The predicted octanol–water partition coefficient (Wildman–Crippen LogP) is -0.204. The number of hydrogen-bond donors (Lipinski definition) is 5. The fourth-order valence-electron chi connectivity index (χ4n) is 3.29. The zero-order chi connectivity index (χ0) is 27.3. The summed E-state index contributed by atoms with van der Waals surface area (Å²) in [5.41, 5.74) is 0. The molecule has 4 unspecified atom stereocenters. The van der Waals surface area contributed by atoms with Gasteiger partial charge in [-0.1, -0.05) is 13.8 Å². The van der Waals surface area contributed by atoms with Gasteiger partial charge in [0.2, 0.25) is 11.8 Å². The summed E-state index contributed by atoms with van der Waals surface area (Å²) < 4.78 is 0. The van der Waals surface area contributed by atoms with E-state index in [-0.39, 0.29) is 12.7 Å². The zero-order valence-corrected chi connectivity index (χ0v) is 19.8. The smallest absolute Gasteiger partial charge is 0.305 e. The molecule has 0 aromatic carbocycles. The largest absolute Gasteiger partial charge is 0.481 e. The van der Waals surface area contributed by atoms with Crippen molar-refractivity contribution in [2.45, 2.75) is 71.4 Å². The highest BCUT2D eigenvalue weighted by molar-refractivity contribution is 5.95. The van der Waals surface area contributed by atoms with Gasteiger partial charge in [-0.05, 0) is 19.3 Å². The molecule has 0 aliphatic carbocycles. The highest BCUT2D eigenvalue weighted by atomic mass is 16.4. The van der Waals surface area contributed by atoms with Gasteiger partial charge in [0.15, 0.2) is 5.78 Å². The topological polar surface area (TPSA) is 221 Å². The predicted molar refractivity (Wildman–Crippen MR) is 118 cm³/mol. The third kappa shape index (κ3) is 13.0. The lowest BCUT2D eigenvalue weighted by Gasteiger charge is -2.25. The summed E-state index contributed by atoms with van der Waals surface area (Å²) in [7, 11) is 0. The number of carboxylic acids is 3. The number of carboxylic acid groups (broad SMARTS) is 3. The Morgan fingerprint density at radius 3 is 1.77 bits per heavy atom. The molecule has 0 fully saturated rings. The third-order valence-electron chi connectivity index (χ3n) is 5.13. The molecular formula is C22H32N2O11. The van der Waals surface area contributed by atoms with Crippen molar-refractivity contribution < 1.29 is 53.7 Å². The number of Topliss-reactive ketones (excluding diaryl/α,β-unsaturated/α-hetero) is 2. The monoisotopic (exact) mass is 500 g/mol. The number of nitrogens with one attached hydrogen (secondary N) is 2. The lowest BCUT2D eigenvalue weighted by atomic mass is 9.86. The number of carbonyl (C=O) groups is 8. The van der Waals surface area contributed by atoms with Gasteiger partial charge < -0.3 is 35.5 Å². The standard InChI is InChI=1S/C22H32N2O11/c1-11(2)15(22(35)23-14(10-25)8-20(32)33)9-17(27)16(4-5-18(28)29)24-21(34)13(6-12(3)26)7-19(30)31/h10-11,13-16H,4-9H2,1-3H3,(H,23,35)(H,24,34)(H,28,29)(H,30,31)(H,32,33). The maximum absolute atomic E-state index is 13.0. The van der Waals surface area contributed by atoms with E-state index in [0.29, 0.717) is 0 Å². The Morgan fingerprint density at radius 2 is 1.34 bits per heavy atom. The quantitative estimate of drug-likeness (QED) is 0.155. The van der Waals surface area contributed by atoms with Crippen molar-refractivity contribution in [2.24, 2.45) is 17.8 Å². The molecule has 0 rings (SSSR count). The van der Waals surface area contributed by atoms with Crippen LogP contribution in [-0.2, 0) is 38.4 Å². The van der Waals surface area contributed by atoms with Gasteiger partial charge in [0.1, 0.15) is 12.1 Å². The summed E-state index contributed by atoms with van der Waals surface area (Å²) in [5, 5.41) is 31.4. The fraction of sp³-hybridized carbons (Fsp3) is 0.636. The molecule has 0 aliphatic heterocycles. The number of aldehydes is 1. The second-order valence-corrected chi connectivity index (χ2v) is 8.56. The number of amides is 2. The molecule has 4 atom stereocenters. The minimum absolute atomic E-state index is 0.249. The van der Waals surface area contributed by atoms with Gasteiger partial charge >= 0.3 is 17.9 Å². The van der Waals surface area contributed by atoms with Crippen LogP contribution in [0.1, 0.15) is 59.3 Å². The van der Waals surface area contributed by atoms with Gasteiger partial charge in [-0.2, -0.15) is 0 Å². The Labute approximate surface area is 201 Å². The molecule has 0 bridgehead atoms. The van der Waals surface area contributed by atoms with E-state index in [1.54, 1.807) is 13.8 Å². The van der Waals surface area contributed by atoms with Gasteiger partial charge in [0, 0.05) is 25.2 Å². The van der Waals surface area contributed by atoms with E-state index in [4.69, 9.17) is 15.3 Å². The number of hydrogen-bond acceptors (Lipinski definition) is 8. The molecule has 2 amide bonds. The molecule has 0 aromatic heterocycles. The van der Waals surface area contributed by atoms with E-state index >= 15 is 0 Å². The van der Waals surface area contributed by atoms with E-state index in [1.807, 2.05) is 0 Å². The van der Waals surface area contributed by atoms with Crippen LogP contribution < -0.4 is 10.6 Å². The maximum atomic E-state index is 13.0. The van der Waals surface area contributed by atoms with E-state index in [1.165, 1.54) is 0 Å². The van der Waals surface area contributed by atoms with Gasteiger partial charge in [-0.25, -0.2) is 0 Å². The summed E-state index contributed by atoms with van der Waals surface area (Å²) in [6.45, 7) is 4.37. The van der Waals surface area contributed by atoms with Crippen LogP contribution in [0, 0.1) is 17.8 Å². The van der Waals surface area contributed by atoms with E-state index < -0.39 is 103 Å². The highest BCUT2D eigenvalue weighted by Crippen LogP contribution is 2.19. The first-order valence-corrected chi connectivity index (χ1v) is 10.9. The molecule has 0 radical (unpaired) electrons. The normalized spacial score (nSPS) is 14.2. The summed E-state index contributed by atoms with van der Waals surface area (Å²) in [4.78, 5) is 93.6. The van der Waals surface area contributed by atoms with E-state index in [0.717, 1.165) is 6.92 Å². The SMILES string of the molecule is CC(=O)CC(CC(=O)O)C(=O)NC(CCC(=O)O)C(=O)CC(C(=O)NC(C=O)CC(=O)O)C(C)C. The summed E-state index contributed by atoms with van der Waals surface area (Å²) in [6.07, 6.45) is -2.82. The molecule has 0 spiro atoms. The highest BCUT2D eigenvalue weighted by Gasteiger charge is 2.33. The zero-order valence-electron chi connectivity index (χ0n) is 19.8. The molecule has 0 aromatic rings. The minimum Gasteiger partial charge on any atom is -0.481 e. The van der Waals surface area contributed by atoms with Gasteiger partial charge in [-0.15, -0.1) is 0 Å². The summed E-state index contributed by atoms with van der Waals surface area (Å²) in [6, 6.07) is -2.70. The second kappa shape index (κ2) is 15.3. The lowest BCUT2D eigenvalue weighted by Crippen LogP contribution is -2.47. The number of rotatable bonds is 18. The Morgan fingerprint density at radius 1 is 0.771 bits per heavy atom. The molecular weight excluding hydrogens is 468 g/mol. The van der Waals surface area contributed by atoms with Crippen LogP contribution in [0.25, 0.3) is 0 Å². The molecule has 13 heteroatoms. The van der Waals surface area contributed by atoms with E-state index in [2.05, 4.69) is 10.6 Å². The number of ketones is 2. The van der Waals surface area contributed by atoms with Gasteiger partial charge in [0.25, 0.3) is 0 Å². The van der Waals surface area contributed by atoms with Crippen molar-refractivity contribution >= 4 is 47.6 Å². The molecule has 35 heavy (non-hydrogen) atoms. The average Bonchev–Trinajstić information content (AvgIpc) is 2.71. The van der Waals surface area contributed by atoms with Crippen molar-refractivity contribution in [3.05, 3.63) is 0 Å². The lowest BCUT2D eigenvalue weighted by molar-refractivity contribution is -0.142. The minimum atomic E-state index is -1.38. The van der Waals surface area contributed by atoms with Gasteiger partial charge in [0.05, 0.1) is 30.8 Å². The van der Waals surface area contributed by atoms with Crippen molar-refractivity contribution in [1.82, 2.24) is 10.6 Å². The first-order chi connectivity index (χ1) is 16.2. The molecule has 0 aliphatic rings. The Hall–Kier alpha value is -3.64. The molecule has 0 saturated heterocycles. The maximum Gasteiger partial charge on any atom is 0.305 e. The Bertz CT molecular complexity index is 821. The van der Waals surface area contributed by atoms with Crippen LogP contribution in [0.15, 0.2) is 0 Å². The average molecular weight is 501 g/mol. The first kappa shape index (κ1) is 31.4. The van der Waals surface area contributed by atoms with Crippen molar-refractivity contribution in [2.75, 3.05) is 0 Å². The van der Waals surface area contributed by atoms with Crippen LogP contribution in [0.2, 0.25) is 0 Å². The van der Waals surface area contributed by atoms with Crippen molar-refractivity contribution in [1.29, 1.82) is 0 Å². The van der Waals surface area contributed by atoms with Crippen molar-refractivity contribution in [3.63, 3.8) is 0 Å². The molecule has 13 nitrogen and oxygen atoms in total.